The minimum Gasteiger partial charge on any atom is -0.394 e. The first-order valence-corrected chi connectivity index (χ1v) is 7.54. The van der Waals surface area contributed by atoms with Crippen LogP contribution in [-0.4, -0.2) is 30.8 Å². The smallest absolute Gasteiger partial charge is 0.246 e. The molecule has 0 spiro atoms. The summed E-state index contributed by atoms with van der Waals surface area (Å²) in [5.74, 6) is -0.249. The van der Waals surface area contributed by atoms with E-state index in [-0.39, 0.29) is 19.1 Å². The fourth-order valence-electron chi connectivity index (χ4n) is 2.12. The zero-order chi connectivity index (χ0) is 16.3. The van der Waals surface area contributed by atoms with Crippen LogP contribution in [0.15, 0.2) is 66.7 Å². The zero-order valence-corrected chi connectivity index (χ0v) is 12.9. The molecule has 120 valence electrons. The fourth-order valence-corrected chi connectivity index (χ4v) is 2.12. The second-order valence-electron chi connectivity index (χ2n) is 5.04. The zero-order valence-electron chi connectivity index (χ0n) is 12.9. The highest BCUT2D eigenvalue weighted by Crippen LogP contribution is 2.11. The van der Waals surface area contributed by atoms with Crippen LogP contribution < -0.4 is 5.32 Å². The molecule has 2 rings (SSSR count). The van der Waals surface area contributed by atoms with Crippen molar-refractivity contribution in [3.8, 4) is 0 Å². The molecule has 0 heterocycles. The molecule has 23 heavy (non-hydrogen) atoms. The standard InChI is InChI=1S/C19H21NO3/c21-14-18(17-11-5-2-6-12-17)20-19(22)15-23-13-7-10-16-8-3-1-4-9-16/h1-12,18,21H,13-15H2,(H,20,22)/b10-7+. The number of carbonyl (C=O) groups is 1. The molecule has 2 aromatic rings. The van der Waals surface area contributed by atoms with Gasteiger partial charge in [-0.3, -0.25) is 4.79 Å². The van der Waals surface area contributed by atoms with E-state index in [2.05, 4.69) is 5.32 Å². The predicted molar refractivity (Wildman–Crippen MR) is 90.7 cm³/mol. The number of hydrogen-bond acceptors (Lipinski definition) is 3. The molecule has 1 atom stereocenters. The van der Waals surface area contributed by atoms with Gasteiger partial charge in [-0.1, -0.05) is 72.8 Å². The molecule has 4 heteroatoms. The number of aliphatic hydroxyl groups is 1. The van der Waals surface area contributed by atoms with Crippen molar-refractivity contribution >= 4 is 12.0 Å². The Morgan fingerprint density at radius 3 is 2.39 bits per heavy atom. The van der Waals surface area contributed by atoms with Crippen molar-refractivity contribution in [1.29, 1.82) is 0 Å². The lowest BCUT2D eigenvalue weighted by Crippen LogP contribution is -2.33. The van der Waals surface area contributed by atoms with Crippen LogP contribution in [0.25, 0.3) is 6.08 Å². The molecule has 0 aliphatic carbocycles. The Balaban J connectivity index is 1.71. The summed E-state index contributed by atoms with van der Waals surface area (Å²) < 4.78 is 5.32. The average molecular weight is 311 g/mol. The van der Waals surface area contributed by atoms with E-state index >= 15 is 0 Å². The Bertz CT molecular complexity index is 611. The van der Waals surface area contributed by atoms with Crippen molar-refractivity contribution < 1.29 is 14.6 Å². The molecule has 2 N–H and O–H groups in total. The molecule has 0 saturated carbocycles. The highest BCUT2D eigenvalue weighted by Gasteiger charge is 2.12. The molecule has 0 saturated heterocycles. The maximum atomic E-state index is 11.8. The highest BCUT2D eigenvalue weighted by molar-refractivity contribution is 5.77. The van der Waals surface area contributed by atoms with Gasteiger partial charge in [-0.05, 0) is 11.1 Å². The molecule has 0 aliphatic heterocycles. The first-order valence-electron chi connectivity index (χ1n) is 7.54. The third-order valence-corrected chi connectivity index (χ3v) is 3.28. The van der Waals surface area contributed by atoms with Gasteiger partial charge < -0.3 is 15.2 Å². The quantitative estimate of drug-likeness (QED) is 0.737. The molecule has 4 nitrogen and oxygen atoms in total. The number of ether oxygens (including phenoxy) is 1. The molecule has 0 aliphatic rings. The molecular formula is C19H21NO3. The van der Waals surface area contributed by atoms with Gasteiger partial charge in [0, 0.05) is 0 Å². The van der Waals surface area contributed by atoms with Gasteiger partial charge in [-0.2, -0.15) is 0 Å². The van der Waals surface area contributed by atoms with Crippen molar-refractivity contribution in [3.05, 3.63) is 77.9 Å². The summed E-state index contributed by atoms with van der Waals surface area (Å²) >= 11 is 0. The lowest BCUT2D eigenvalue weighted by atomic mass is 10.1. The average Bonchev–Trinajstić information content (AvgIpc) is 2.61. The minimum atomic E-state index is -0.410. The van der Waals surface area contributed by atoms with E-state index in [4.69, 9.17) is 4.74 Å². The van der Waals surface area contributed by atoms with Gasteiger partial charge in [0.1, 0.15) is 6.61 Å². The van der Waals surface area contributed by atoms with Gasteiger partial charge in [0.05, 0.1) is 19.3 Å². The van der Waals surface area contributed by atoms with Crippen LogP contribution in [0.5, 0.6) is 0 Å². The Morgan fingerprint density at radius 2 is 1.74 bits per heavy atom. The van der Waals surface area contributed by atoms with Crippen LogP contribution in [0.4, 0.5) is 0 Å². The number of hydrogen-bond donors (Lipinski definition) is 2. The molecule has 0 aromatic heterocycles. The first-order chi connectivity index (χ1) is 11.3. The monoisotopic (exact) mass is 311 g/mol. The Kier molecular flexibility index (Phi) is 7.04. The number of benzene rings is 2. The van der Waals surface area contributed by atoms with E-state index < -0.39 is 6.04 Å². The number of aliphatic hydroxyl groups excluding tert-OH is 1. The number of amides is 1. The van der Waals surface area contributed by atoms with Crippen molar-refractivity contribution in [2.75, 3.05) is 19.8 Å². The second kappa shape index (κ2) is 9.56. The van der Waals surface area contributed by atoms with Crippen LogP contribution in [0.1, 0.15) is 17.2 Å². The van der Waals surface area contributed by atoms with Crippen molar-refractivity contribution in [2.24, 2.45) is 0 Å². The lowest BCUT2D eigenvalue weighted by molar-refractivity contribution is -0.126. The van der Waals surface area contributed by atoms with Crippen LogP contribution in [0.3, 0.4) is 0 Å². The van der Waals surface area contributed by atoms with Gasteiger partial charge in [0.25, 0.3) is 0 Å². The lowest BCUT2D eigenvalue weighted by Gasteiger charge is -2.16. The molecule has 1 unspecified atom stereocenters. The molecule has 1 amide bonds. The Morgan fingerprint density at radius 1 is 1.09 bits per heavy atom. The normalized spacial score (nSPS) is 12.2. The first kappa shape index (κ1) is 16.9. The van der Waals surface area contributed by atoms with Gasteiger partial charge in [-0.25, -0.2) is 0 Å². The maximum absolute atomic E-state index is 11.8. The summed E-state index contributed by atoms with van der Waals surface area (Å²) in [4.78, 5) is 11.8. The van der Waals surface area contributed by atoms with Crippen molar-refractivity contribution in [2.45, 2.75) is 6.04 Å². The molecule has 0 radical (unpaired) electrons. The summed E-state index contributed by atoms with van der Waals surface area (Å²) in [6, 6.07) is 18.8. The van der Waals surface area contributed by atoms with Crippen molar-refractivity contribution in [1.82, 2.24) is 5.32 Å². The second-order valence-corrected chi connectivity index (χ2v) is 5.04. The van der Waals surface area contributed by atoms with E-state index in [9.17, 15) is 9.90 Å². The molecular weight excluding hydrogens is 290 g/mol. The van der Waals surface area contributed by atoms with E-state index in [1.54, 1.807) is 0 Å². The van der Waals surface area contributed by atoms with Crippen molar-refractivity contribution in [3.63, 3.8) is 0 Å². The van der Waals surface area contributed by atoms with Gasteiger partial charge in [0.2, 0.25) is 5.91 Å². The summed E-state index contributed by atoms with van der Waals surface area (Å²) in [5, 5.41) is 12.2. The van der Waals surface area contributed by atoms with Crippen LogP contribution >= 0.6 is 0 Å². The largest absolute Gasteiger partial charge is 0.394 e. The predicted octanol–water partition coefficient (Wildman–Crippen LogP) is 2.57. The van der Waals surface area contributed by atoms with Gasteiger partial charge in [0.15, 0.2) is 0 Å². The van der Waals surface area contributed by atoms with Gasteiger partial charge in [-0.15, -0.1) is 0 Å². The number of carbonyl (C=O) groups excluding carboxylic acids is 1. The van der Waals surface area contributed by atoms with E-state index in [0.29, 0.717) is 6.61 Å². The van der Waals surface area contributed by atoms with Crippen LogP contribution in [0.2, 0.25) is 0 Å². The van der Waals surface area contributed by atoms with Crippen LogP contribution in [-0.2, 0) is 9.53 Å². The minimum absolute atomic E-state index is 0.0392. The summed E-state index contributed by atoms with van der Waals surface area (Å²) in [6.45, 7) is 0.170. The highest BCUT2D eigenvalue weighted by atomic mass is 16.5. The molecule has 0 fully saturated rings. The van der Waals surface area contributed by atoms with Crippen LogP contribution in [0, 0.1) is 0 Å². The summed E-state index contributed by atoms with van der Waals surface area (Å²) in [7, 11) is 0. The SMILES string of the molecule is O=C(COC/C=C/c1ccccc1)NC(CO)c1ccccc1. The Hall–Kier alpha value is -2.43. The summed E-state index contributed by atoms with van der Waals surface area (Å²) in [6.07, 6.45) is 3.81. The summed E-state index contributed by atoms with van der Waals surface area (Å²) in [5.41, 5.74) is 1.96. The maximum Gasteiger partial charge on any atom is 0.246 e. The van der Waals surface area contributed by atoms with E-state index in [1.165, 1.54) is 0 Å². The van der Waals surface area contributed by atoms with Gasteiger partial charge >= 0.3 is 0 Å². The molecule has 0 bridgehead atoms. The molecule has 2 aromatic carbocycles. The number of nitrogens with one attached hydrogen (secondary N) is 1. The Labute approximate surface area is 136 Å². The van der Waals surface area contributed by atoms with E-state index in [1.807, 2.05) is 72.8 Å². The fraction of sp³-hybridized carbons (Fsp3) is 0.211. The number of rotatable bonds is 8. The third-order valence-electron chi connectivity index (χ3n) is 3.28. The van der Waals surface area contributed by atoms with E-state index in [0.717, 1.165) is 11.1 Å². The topological polar surface area (TPSA) is 58.6 Å². The third kappa shape index (κ3) is 6.06.